The Morgan fingerprint density at radius 3 is 2.53 bits per heavy atom. The number of nitrogens with zero attached hydrogens (tertiary/aromatic N) is 1. The number of carbonyl (C=O) groups excluding carboxylic acids is 1. The zero-order valence-corrected chi connectivity index (χ0v) is 11.7. The minimum atomic E-state index is -0.427. The Bertz CT molecular complexity index is 411. The Labute approximate surface area is 114 Å². The second kappa shape index (κ2) is 6.68. The first kappa shape index (κ1) is 14.0. The zero-order chi connectivity index (χ0) is 13.7. The molecule has 4 nitrogen and oxygen atoms in total. The predicted molar refractivity (Wildman–Crippen MR) is 76.1 cm³/mol. The van der Waals surface area contributed by atoms with Crippen molar-refractivity contribution < 1.29 is 9.53 Å². The molecule has 1 N–H and O–H groups in total. The number of carbonyl (C=O) groups is 1. The fourth-order valence-electron chi connectivity index (χ4n) is 2.24. The lowest BCUT2D eigenvalue weighted by molar-refractivity contribution is -0.124. The number of benzene rings is 1. The van der Waals surface area contributed by atoms with Crippen LogP contribution in [0.3, 0.4) is 0 Å². The van der Waals surface area contributed by atoms with Gasteiger partial charge in [-0.3, -0.25) is 9.69 Å². The van der Waals surface area contributed by atoms with E-state index in [0.717, 1.165) is 12.2 Å². The maximum absolute atomic E-state index is 11.7. The Morgan fingerprint density at radius 2 is 1.95 bits per heavy atom. The van der Waals surface area contributed by atoms with E-state index in [1.54, 1.807) is 6.92 Å². The van der Waals surface area contributed by atoms with E-state index in [0.29, 0.717) is 0 Å². The first-order valence-corrected chi connectivity index (χ1v) is 6.84. The van der Waals surface area contributed by atoms with Crippen molar-refractivity contribution in [2.45, 2.75) is 32.4 Å². The van der Waals surface area contributed by atoms with Crippen LogP contribution >= 0.6 is 0 Å². The van der Waals surface area contributed by atoms with Crippen LogP contribution in [0, 0.1) is 0 Å². The molecule has 0 radical (unpaired) electrons. The molecule has 1 unspecified atom stereocenters. The Balaban J connectivity index is 1.88. The molecule has 1 aromatic carbocycles. The van der Waals surface area contributed by atoms with Crippen LogP contribution in [0.1, 0.15) is 25.3 Å². The average Bonchev–Trinajstić information content (AvgIpc) is 2.93. The molecule has 1 fully saturated rings. The summed E-state index contributed by atoms with van der Waals surface area (Å²) in [4.78, 5) is 14.1. The second-order valence-electron chi connectivity index (χ2n) is 5.05. The van der Waals surface area contributed by atoms with E-state index in [2.05, 4.69) is 22.3 Å². The van der Waals surface area contributed by atoms with E-state index >= 15 is 0 Å². The molecule has 1 aromatic rings. The van der Waals surface area contributed by atoms with Crippen molar-refractivity contribution in [1.82, 2.24) is 4.90 Å². The van der Waals surface area contributed by atoms with E-state index in [1.165, 1.54) is 38.6 Å². The van der Waals surface area contributed by atoms with Gasteiger partial charge >= 0.3 is 0 Å². The monoisotopic (exact) mass is 262 g/mol. The SMILES string of the molecule is COC(C)C(=O)Nc1ccc(CN2CCCC2)cc1. The van der Waals surface area contributed by atoms with Crippen LogP contribution in [0.5, 0.6) is 0 Å². The van der Waals surface area contributed by atoms with Gasteiger partial charge in [-0.1, -0.05) is 12.1 Å². The molecule has 19 heavy (non-hydrogen) atoms. The Morgan fingerprint density at radius 1 is 1.32 bits per heavy atom. The summed E-state index contributed by atoms with van der Waals surface area (Å²) < 4.78 is 4.98. The van der Waals surface area contributed by atoms with Crippen LogP contribution in [0.2, 0.25) is 0 Å². The van der Waals surface area contributed by atoms with Gasteiger partial charge in [-0.2, -0.15) is 0 Å². The molecular formula is C15H22N2O2. The van der Waals surface area contributed by atoms with Gasteiger partial charge in [0.2, 0.25) is 0 Å². The van der Waals surface area contributed by atoms with E-state index in [-0.39, 0.29) is 5.91 Å². The summed E-state index contributed by atoms with van der Waals surface area (Å²) in [5.41, 5.74) is 2.11. The molecule has 1 amide bonds. The molecular weight excluding hydrogens is 240 g/mol. The lowest BCUT2D eigenvalue weighted by atomic mass is 10.2. The van der Waals surface area contributed by atoms with Crippen LogP contribution in [0.4, 0.5) is 5.69 Å². The van der Waals surface area contributed by atoms with Gasteiger partial charge in [-0.25, -0.2) is 0 Å². The van der Waals surface area contributed by atoms with Crippen molar-refractivity contribution >= 4 is 11.6 Å². The van der Waals surface area contributed by atoms with E-state index in [4.69, 9.17) is 4.74 Å². The van der Waals surface area contributed by atoms with E-state index < -0.39 is 6.10 Å². The molecule has 0 aromatic heterocycles. The topological polar surface area (TPSA) is 41.6 Å². The number of ether oxygens (including phenoxy) is 1. The number of nitrogens with one attached hydrogen (secondary N) is 1. The van der Waals surface area contributed by atoms with Gasteiger partial charge in [0.05, 0.1) is 0 Å². The van der Waals surface area contributed by atoms with Crippen LogP contribution in [0.15, 0.2) is 24.3 Å². The fraction of sp³-hybridized carbons (Fsp3) is 0.533. The van der Waals surface area contributed by atoms with Gasteiger partial charge in [-0.15, -0.1) is 0 Å². The van der Waals surface area contributed by atoms with Gasteiger partial charge in [0.1, 0.15) is 6.10 Å². The first-order valence-electron chi connectivity index (χ1n) is 6.84. The van der Waals surface area contributed by atoms with Crippen LogP contribution in [0.25, 0.3) is 0 Å². The van der Waals surface area contributed by atoms with Gasteiger partial charge < -0.3 is 10.1 Å². The van der Waals surface area contributed by atoms with E-state index in [1.807, 2.05) is 12.1 Å². The largest absolute Gasteiger partial charge is 0.372 e. The number of amides is 1. The summed E-state index contributed by atoms with van der Waals surface area (Å²) >= 11 is 0. The molecule has 1 atom stereocenters. The standard InChI is InChI=1S/C15H22N2O2/c1-12(19-2)15(18)16-14-7-5-13(6-8-14)11-17-9-3-4-10-17/h5-8,12H,3-4,9-11H2,1-2H3,(H,16,18). The molecule has 4 heteroatoms. The van der Waals surface area contributed by atoms with Crippen molar-refractivity contribution in [2.75, 3.05) is 25.5 Å². The summed E-state index contributed by atoms with van der Waals surface area (Å²) in [6.07, 6.45) is 2.19. The maximum Gasteiger partial charge on any atom is 0.253 e. The number of likely N-dealkylation sites (tertiary alicyclic amines) is 1. The normalized spacial score (nSPS) is 17.4. The maximum atomic E-state index is 11.7. The third-order valence-corrected chi connectivity index (χ3v) is 3.55. The summed E-state index contributed by atoms with van der Waals surface area (Å²) in [5, 5.41) is 2.84. The van der Waals surface area contributed by atoms with Gasteiger partial charge in [0.25, 0.3) is 5.91 Å². The number of anilines is 1. The summed E-state index contributed by atoms with van der Waals surface area (Å²) in [6, 6.07) is 8.05. The molecule has 0 spiro atoms. The number of methoxy groups -OCH3 is 1. The Kier molecular flexibility index (Phi) is 4.93. The summed E-state index contributed by atoms with van der Waals surface area (Å²) in [7, 11) is 1.53. The summed E-state index contributed by atoms with van der Waals surface area (Å²) in [6.45, 7) is 5.13. The fourth-order valence-corrected chi connectivity index (χ4v) is 2.24. The minimum absolute atomic E-state index is 0.116. The molecule has 1 heterocycles. The van der Waals surface area contributed by atoms with Gasteiger partial charge in [0, 0.05) is 19.3 Å². The number of rotatable bonds is 5. The number of hydrogen-bond acceptors (Lipinski definition) is 3. The molecule has 0 saturated carbocycles. The van der Waals surface area contributed by atoms with Gasteiger partial charge in [0.15, 0.2) is 0 Å². The molecule has 1 saturated heterocycles. The van der Waals surface area contributed by atoms with Crippen molar-refractivity contribution in [3.05, 3.63) is 29.8 Å². The molecule has 0 aliphatic carbocycles. The average molecular weight is 262 g/mol. The second-order valence-corrected chi connectivity index (χ2v) is 5.05. The zero-order valence-electron chi connectivity index (χ0n) is 11.7. The van der Waals surface area contributed by atoms with E-state index in [9.17, 15) is 4.79 Å². The summed E-state index contributed by atoms with van der Waals surface area (Å²) in [5.74, 6) is -0.116. The molecule has 1 aliphatic rings. The van der Waals surface area contributed by atoms with Gasteiger partial charge in [-0.05, 0) is 50.6 Å². The quantitative estimate of drug-likeness (QED) is 0.885. The highest BCUT2D eigenvalue weighted by atomic mass is 16.5. The van der Waals surface area contributed by atoms with Crippen molar-refractivity contribution in [1.29, 1.82) is 0 Å². The predicted octanol–water partition coefficient (Wildman–Crippen LogP) is 2.26. The highest BCUT2D eigenvalue weighted by molar-refractivity contribution is 5.93. The lowest BCUT2D eigenvalue weighted by Crippen LogP contribution is -2.26. The van der Waals surface area contributed by atoms with Crippen LogP contribution in [-0.4, -0.2) is 37.1 Å². The van der Waals surface area contributed by atoms with Crippen molar-refractivity contribution in [2.24, 2.45) is 0 Å². The molecule has 2 rings (SSSR count). The smallest absolute Gasteiger partial charge is 0.253 e. The highest BCUT2D eigenvalue weighted by Crippen LogP contribution is 2.15. The Hall–Kier alpha value is -1.39. The molecule has 0 bridgehead atoms. The lowest BCUT2D eigenvalue weighted by Gasteiger charge is -2.15. The van der Waals surface area contributed by atoms with Crippen LogP contribution < -0.4 is 5.32 Å². The molecule has 104 valence electrons. The third-order valence-electron chi connectivity index (χ3n) is 3.55. The molecule has 1 aliphatic heterocycles. The minimum Gasteiger partial charge on any atom is -0.372 e. The highest BCUT2D eigenvalue weighted by Gasteiger charge is 2.13. The van der Waals surface area contributed by atoms with Crippen LogP contribution in [-0.2, 0) is 16.1 Å². The first-order chi connectivity index (χ1) is 9.19. The van der Waals surface area contributed by atoms with Crippen molar-refractivity contribution in [3.63, 3.8) is 0 Å². The number of hydrogen-bond donors (Lipinski definition) is 1. The van der Waals surface area contributed by atoms with Crippen molar-refractivity contribution in [3.8, 4) is 0 Å². The third kappa shape index (κ3) is 4.04.